The van der Waals surface area contributed by atoms with Crippen molar-refractivity contribution in [2.45, 2.75) is 39.2 Å². The minimum Gasteiger partial charge on any atom is -0.354 e. The van der Waals surface area contributed by atoms with Gasteiger partial charge in [0.15, 0.2) is 0 Å². The van der Waals surface area contributed by atoms with Gasteiger partial charge in [-0.2, -0.15) is 0 Å². The Morgan fingerprint density at radius 2 is 1.83 bits per heavy atom. The molecule has 0 aliphatic rings. The van der Waals surface area contributed by atoms with Crippen molar-refractivity contribution in [3.63, 3.8) is 0 Å². The molecule has 0 radical (unpaired) electrons. The second-order valence-electron chi connectivity index (χ2n) is 5.78. The van der Waals surface area contributed by atoms with E-state index in [9.17, 15) is 9.59 Å². The Balaban J connectivity index is 2.11. The lowest BCUT2D eigenvalue weighted by molar-refractivity contribution is -0.128. The number of carbonyl (C=O) groups excluding carboxylic acids is 2. The molecule has 122 valence electrons. The summed E-state index contributed by atoms with van der Waals surface area (Å²) in [6, 6.07) is 13.7. The van der Waals surface area contributed by atoms with Gasteiger partial charge in [-0.05, 0) is 22.8 Å². The standard InChI is InChI=1S/C19H24N2O2/c1-3-4-11-20-19(23)18(21-14(2)22)13-15-9-10-16-7-5-6-8-17(16)12-15/h5-10,12,18H,3-4,11,13H2,1-2H3,(H,20,23)(H,21,22). The second-order valence-corrected chi connectivity index (χ2v) is 5.78. The van der Waals surface area contributed by atoms with Gasteiger partial charge in [0.25, 0.3) is 0 Å². The van der Waals surface area contributed by atoms with Gasteiger partial charge in [0, 0.05) is 19.9 Å². The third kappa shape index (κ3) is 5.09. The highest BCUT2D eigenvalue weighted by Gasteiger charge is 2.19. The van der Waals surface area contributed by atoms with Gasteiger partial charge in [0.05, 0.1) is 0 Å². The fourth-order valence-electron chi connectivity index (χ4n) is 2.57. The molecule has 0 fully saturated rings. The Kier molecular flexibility index (Phi) is 6.15. The van der Waals surface area contributed by atoms with Crippen LogP contribution in [0.3, 0.4) is 0 Å². The summed E-state index contributed by atoms with van der Waals surface area (Å²) in [5.74, 6) is -0.316. The lowest BCUT2D eigenvalue weighted by Crippen LogP contribution is -2.47. The summed E-state index contributed by atoms with van der Waals surface area (Å²) in [7, 11) is 0. The van der Waals surface area contributed by atoms with Crippen molar-refractivity contribution in [3.05, 3.63) is 48.0 Å². The van der Waals surface area contributed by atoms with Crippen LogP contribution < -0.4 is 10.6 Å². The lowest BCUT2D eigenvalue weighted by atomic mass is 10.0. The summed E-state index contributed by atoms with van der Waals surface area (Å²) in [5, 5.41) is 7.95. The molecule has 0 aliphatic carbocycles. The topological polar surface area (TPSA) is 58.2 Å². The van der Waals surface area contributed by atoms with Crippen LogP contribution in [0.15, 0.2) is 42.5 Å². The third-order valence-electron chi connectivity index (χ3n) is 3.78. The number of nitrogens with one attached hydrogen (secondary N) is 2. The third-order valence-corrected chi connectivity index (χ3v) is 3.78. The Labute approximate surface area is 137 Å². The van der Waals surface area contributed by atoms with Crippen LogP contribution in [0, 0.1) is 0 Å². The predicted molar refractivity (Wildman–Crippen MR) is 93.2 cm³/mol. The molecule has 23 heavy (non-hydrogen) atoms. The number of hydrogen-bond acceptors (Lipinski definition) is 2. The van der Waals surface area contributed by atoms with E-state index in [2.05, 4.69) is 29.7 Å². The van der Waals surface area contributed by atoms with Gasteiger partial charge < -0.3 is 10.6 Å². The smallest absolute Gasteiger partial charge is 0.242 e. The molecule has 2 amide bonds. The molecular formula is C19H24N2O2. The highest BCUT2D eigenvalue weighted by Crippen LogP contribution is 2.16. The number of rotatable bonds is 7. The van der Waals surface area contributed by atoms with Crippen molar-refractivity contribution in [3.8, 4) is 0 Å². The summed E-state index contributed by atoms with van der Waals surface area (Å²) in [6.45, 7) is 4.16. The average molecular weight is 312 g/mol. The fraction of sp³-hybridized carbons (Fsp3) is 0.368. The maximum absolute atomic E-state index is 12.3. The van der Waals surface area contributed by atoms with E-state index in [1.165, 1.54) is 12.3 Å². The molecule has 4 nitrogen and oxygen atoms in total. The molecule has 2 N–H and O–H groups in total. The highest BCUT2D eigenvalue weighted by atomic mass is 16.2. The molecule has 0 heterocycles. The highest BCUT2D eigenvalue weighted by molar-refractivity contribution is 5.87. The average Bonchev–Trinajstić information content (AvgIpc) is 2.54. The van der Waals surface area contributed by atoms with Crippen LogP contribution in [-0.4, -0.2) is 24.4 Å². The molecule has 1 atom stereocenters. The second kappa shape index (κ2) is 8.32. The molecule has 0 spiro atoms. The molecule has 2 aromatic carbocycles. The Hall–Kier alpha value is -2.36. The number of unbranched alkanes of at least 4 members (excludes halogenated alkanes) is 1. The van der Waals surface area contributed by atoms with Crippen LogP contribution in [-0.2, 0) is 16.0 Å². The van der Waals surface area contributed by atoms with Crippen LogP contribution in [0.1, 0.15) is 32.3 Å². The summed E-state index contributed by atoms with van der Waals surface area (Å²) in [4.78, 5) is 23.7. The zero-order valence-corrected chi connectivity index (χ0v) is 13.8. The SMILES string of the molecule is CCCCNC(=O)C(Cc1ccc2ccccc2c1)NC(C)=O. The van der Waals surface area contributed by atoms with Gasteiger partial charge in [0.1, 0.15) is 6.04 Å². The van der Waals surface area contributed by atoms with Gasteiger partial charge in [-0.1, -0.05) is 55.8 Å². The van der Waals surface area contributed by atoms with Crippen LogP contribution in [0.5, 0.6) is 0 Å². The van der Waals surface area contributed by atoms with Gasteiger partial charge in [-0.25, -0.2) is 0 Å². The first-order valence-corrected chi connectivity index (χ1v) is 8.12. The van der Waals surface area contributed by atoms with Crippen molar-refractivity contribution < 1.29 is 9.59 Å². The normalized spacial score (nSPS) is 11.9. The first kappa shape index (κ1) is 17.0. The molecule has 2 rings (SSSR count). The van der Waals surface area contributed by atoms with Crippen molar-refractivity contribution >= 4 is 22.6 Å². The largest absolute Gasteiger partial charge is 0.354 e. The van der Waals surface area contributed by atoms with E-state index in [0.29, 0.717) is 13.0 Å². The molecule has 0 bridgehead atoms. The Morgan fingerprint density at radius 3 is 2.52 bits per heavy atom. The van der Waals surface area contributed by atoms with E-state index in [4.69, 9.17) is 0 Å². The van der Waals surface area contributed by atoms with Crippen LogP contribution in [0.25, 0.3) is 10.8 Å². The molecule has 4 heteroatoms. The van der Waals surface area contributed by atoms with Crippen LogP contribution >= 0.6 is 0 Å². The maximum atomic E-state index is 12.3. The molecule has 1 unspecified atom stereocenters. The number of fused-ring (bicyclic) bond motifs is 1. The van der Waals surface area contributed by atoms with Crippen molar-refractivity contribution in [1.82, 2.24) is 10.6 Å². The summed E-state index contributed by atoms with van der Waals surface area (Å²) in [5.41, 5.74) is 1.04. The minimum atomic E-state index is -0.537. The summed E-state index contributed by atoms with van der Waals surface area (Å²) >= 11 is 0. The molecule has 2 aromatic rings. The van der Waals surface area contributed by atoms with E-state index in [1.807, 2.05) is 30.3 Å². The van der Waals surface area contributed by atoms with Crippen molar-refractivity contribution in [1.29, 1.82) is 0 Å². The number of benzene rings is 2. The molecule has 0 saturated carbocycles. The predicted octanol–water partition coefficient (Wildman–Crippen LogP) is 2.80. The van der Waals surface area contributed by atoms with Crippen LogP contribution in [0.4, 0.5) is 0 Å². The summed E-state index contributed by atoms with van der Waals surface area (Å²) in [6.07, 6.45) is 2.45. The van der Waals surface area contributed by atoms with E-state index < -0.39 is 6.04 Å². The van der Waals surface area contributed by atoms with Gasteiger partial charge in [-0.15, -0.1) is 0 Å². The van der Waals surface area contributed by atoms with E-state index in [-0.39, 0.29) is 11.8 Å². The minimum absolute atomic E-state index is 0.123. The number of carbonyl (C=O) groups is 2. The van der Waals surface area contributed by atoms with E-state index in [0.717, 1.165) is 23.8 Å². The van der Waals surface area contributed by atoms with Gasteiger partial charge in [0.2, 0.25) is 11.8 Å². The van der Waals surface area contributed by atoms with Crippen LogP contribution in [0.2, 0.25) is 0 Å². The molecule has 0 aromatic heterocycles. The van der Waals surface area contributed by atoms with Gasteiger partial charge >= 0.3 is 0 Å². The first-order chi connectivity index (χ1) is 11.1. The maximum Gasteiger partial charge on any atom is 0.242 e. The molecule has 0 aliphatic heterocycles. The quantitative estimate of drug-likeness (QED) is 0.772. The van der Waals surface area contributed by atoms with Crippen molar-refractivity contribution in [2.75, 3.05) is 6.54 Å². The molecular weight excluding hydrogens is 288 g/mol. The lowest BCUT2D eigenvalue weighted by Gasteiger charge is -2.18. The first-order valence-electron chi connectivity index (χ1n) is 8.12. The fourth-order valence-corrected chi connectivity index (χ4v) is 2.57. The Morgan fingerprint density at radius 1 is 1.09 bits per heavy atom. The van der Waals surface area contributed by atoms with Gasteiger partial charge in [-0.3, -0.25) is 9.59 Å². The zero-order valence-electron chi connectivity index (χ0n) is 13.8. The summed E-state index contributed by atoms with van der Waals surface area (Å²) < 4.78 is 0. The number of amides is 2. The van der Waals surface area contributed by atoms with Crippen molar-refractivity contribution in [2.24, 2.45) is 0 Å². The number of hydrogen-bond donors (Lipinski definition) is 2. The monoisotopic (exact) mass is 312 g/mol. The Bertz CT molecular complexity index is 682. The van der Waals surface area contributed by atoms with E-state index >= 15 is 0 Å². The van der Waals surface area contributed by atoms with E-state index in [1.54, 1.807) is 0 Å². The molecule has 0 saturated heterocycles. The zero-order chi connectivity index (χ0) is 16.7.